The zero-order valence-corrected chi connectivity index (χ0v) is 16.2. The van der Waals surface area contributed by atoms with Gasteiger partial charge < -0.3 is 15.1 Å². The predicted octanol–water partition coefficient (Wildman–Crippen LogP) is 2.45. The van der Waals surface area contributed by atoms with Crippen molar-refractivity contribution in [1.82, 2.24) is 9.88 Å². The minimum absolute atomic E-state index is 0.0628. The average Bonchev–Trinajstić information content (AvgIpc) is 3.14. The van der Waals surface area contributed by atoms with E-state index in [1.807, 2.05) is 30.3 Å². The van der Waals surface area contributed by atoms with Crippen LogP contribution in [0.5, 0.6) is 0 Å². The number of carbonyl (C=O) groups is 1. The average molecular weight is 387 g/mol. The van der Waals surface area contributed by atoms with E-state index in [2.05, 4.69) is 4.98 Å². The van der Waals surface area contributed by atoms with Crippen molar-refractivity contribution >= 4 is 17.2 Å². The lowest BCUT2D eigenvalue weighted by Gasteiger charge is -2.45. The van der Waals surface area contributed by atoms with Crippen molar-refractivity contribution < 1.29 is 15.0 Å². The predicted molar refractivity (Wildman–Crippen MR) is 105 cm³/mol. The van der Waals surface area contributed by atoms with E-state index in [-0.39, 0.29) is 12.5 Å². The highest BCUT2D eigenvalue weighted by molar-refractivity contribution is 7.13. The summed E-state index contributed by atoms with van der Waals surface area (Å²) in [5.41, 5.74) is 1.42. The molecule has 27 heavy (non-hydrogen) atoms. The Balaban J connectivity index is 1.55. The van der Waals surface area contributed by atoms with Gasteiger partial charge in [-0.25, -0.2) is 4.98 Å². The number of amides is 1. The maximum atomic E-state index is 13.1. The molecular formula is C21H26N2O3S. The van der Waals surface area contributed by atoms with Crippen molar-refractivity contribution in [3.05, 3.63) is 51.5 Å². The number of hydrogen-bond acceptors (Lipinski definition) is 5. The molecule has 144 valence electrons. The van der Waals surface area contributed by atoms with Crippen molar-refractivity contribution in [3.8, 4) is 0 Å². The molecule has 2 N–H and O–H groups in total. The van der Waals surface area contributed by atoms with E-state index in [4.69, 9.17) is 0 Å². The number of piperidine rings is 1. The molecule has 1 saturated heterocycles. The van der Waals surface area contributed by atoms with Gasteiger partial charge in [-0.15, -0.1) is 11.3 Å². The highest BCUT2D eigenvalue weighted by atomic mass is 32.1. The van der Waals surface area contributed by atoms with Gasteiger partial charge in [-0.05, 0) is 44.1 Å². The third kappa shape index (κ3) is 3.66. The van der Waals surface area contributed by atoms with Crippen molar-refractivity contribution in [1.29, 1.82) is 0 Å². The van der Waals surface area contributed by atoms with Gasteiger partial charge >= 0.3 is 0 Å². The van der Waals surface area contributed by atoms with Gasteiger partial charge in [0.2, 0.25) is 0 Å². The molecular weight excluding hydrogens is 360 g/mol. The van der Waals surface area contributed by atoms with Crippen molar-refractivity contribution in [2.24, 2.45) is 5.41 Å². The van der Waals surface area contributed by atoms with Crippen LogP contribution in [0, 0.1) is 5.41 Å². The maximum absolute atomic E-state index is 13.1. The van der Waals surface area contributed by atoms with Crippen molar-refractivity contribution in [2.75, 3.05) is 19.7 Å². The second kappa shape index (κ2) is 7.70. The Kier molecular flexibility index (Phi) is 5.30. The van der Waals surface area contributed by atoms with E-state index in [0.717, 1.165) is 30.5 Å². The van der Waals surface area contributed by atoms with Crippen LogP contribution in [-0.2, 0) is 19.3 Å². The first-order chi connectivity index (χ1) is 13.1. The van der Waals surface area contributed by atoms with Crippen LogP contribution in [0.15, 0.2) is 30.3 Å². The van der Waals surface area contributed by atoms with E-state index in [0.29, 0.717) is 30.9 Å². The molecule has 0 spiro atoms. The number of aryl methyl sites for hydroxylation is 2. The number of carbonyl (C=O) groups excluding carboxylic acids is 1. The van der Waals surface area contributed by atoms with Gasteiger partial charge in [0, 0.05) is 23.4 Å². The molecule has 2 atom stereocenters. The SMILES string of the molecule is O=C(c1nc2c(s1)CCCC2)N1CC[C@H](O)[C@](CO)(Cc2ccccc2)C1. The van der Waals surface area contributed by atoms with Crippen LogP contribution < -0.4 is 0 Å². The van der Waals surface area contributed by atoms with E-state index in [1.54, 1.807) is 4.90 Å². The molecule has 0 unspecified atom stereocenters. The van der Waals surface area contributed by atoms with E-state index in [1.165, 1.54) is 22.6 Å². The number of aliphatic hydroxyl groups is 2. The normalized spacial score (nSPS) is 25.3. The first kappa shape index (κ1) is 18.6. The molecule has 1 aliphatic heterocycles. The molecule has 2 heterocycles. The summed E-state index contributed by atoms with van der Waals surface area (Å²) in [6, 6.07) is 9.86. The van der Waals surface area contributed by atoms with E-state index < -0.39 is 11.5 Å². The number of aliphatic hydroxyl groups excluding tert-OH is 2. The Morgan fingerprint density at radius 3 is 2.78 bits per heavy atom. The topological polar surface area (TPSA) is 73.7 Å². The summed E-state index contributed by atoms with van der Waals surface area (Å²) in [6.45, 7) is 0.699. The molecule has 4 rings (SSSR count). The minimum Gasteiger partial charge on any atom is -0.396 e. The Labute approximate surface area is 163 Å². The van der Waals surface area contributed by atoms with Gasteiger partial charge in [-0.2, -0.15) is 0 Å². The van der Waals surface area contributed by atoms with Crippen molar-refractivity contribution in [3.63, 3.8) is 0 Å². The first-order valence-electron chi connectivity index (χ1n) is 9.72. The second-order valence-electron chi connectivity index (χ2n) is 7.81. The molecule has 1 fully saturated rings. The summed E-state index contributed by atoms with van der Waals surface area (Å²) in [6.07, 6.45) is 4.69. The Hall–Kier alpha value is -1.76. The maximum Gasteiger partial charge on any atom is 0.282 e. The lowest BCUT2D eigenvalue weighted by atomic mass is 9.73. The quantitative estimate of drug-likeness (QED) is 0.847. The zero-order chi connectivity index (χ0) is 18.9. The van der Waals surface area contributed by atoms with Crippen LogP contribution in [0.4, 0.5) is 0 Å². The molecule has 1 aromatic carbocycles. The Morgan fingerprint density at radius 2 is 2.04 bits per heavy atom. The summed E-state index contributed by atoms with van der Waals surface area (Å²) in [7, 11) is 0. The largest absolute Gasteiger partial charge is 0.396 e. The molecule has 1 aliphatic carbocycles. The number of thiazole rings is 1. The highest BCUT2D eigenvalue weighted by Gasteiger charge is 2.44. The fourth-order valence-electron chi connectivity index (χ4n) is 4.29. The van der Waals surface area contributed by atoms with Gasteiger partial charge in [0.1, 0.15) is 0 Å². The number of aromatic nitrogens is 1. The number of rotatable bonds is 4. The molecule has 0 bridgehead atoms. The Morgan fingerprint density at radius 1 is 1.26 bits per heavy atom. The standard InChI is InChI=1S/C21H26N2O3S/c24-14-21(12-15-6-2-1-3-7-15)13-23(11-10-18(21)25)20(26)19-22-16-8-4-5-9-17(16)27-19/h1-3,6-7,18,24-25H,4-5,8-14H2/t18-,21+/m0/s1. The number of fused-ring (bicyclic) bond motifs is 1. The molecule has 2 aromatic rings. The molecule has 2 aliphatic rings. The second-order valence-corrected chi connectivity index (χ2v) is 8.89. The van der Waals surface area contributed by atoms with Crippen LogP contribution in [0.25, 0.3) is 0 Å². The summed E-state index contributed by atoms with van der Waals surface area (Å²) in [5, 5.41) is 21.4. The summed E-state index contributed by atoms with van der Waals surface area (Å²) in [4.78, 5) is 20.7. The third-order valence-corrected chi connectivity index (χ3v) is 7.06. The molecule has 0 saturated carbocycles. The number of hydrogen-bond donors (Lipinski definition) is 2. The zero-order valence-electron chi connectivity index (χ0n) is 15.4. The van der Waals surface area contributed by atoms with Crippen LogP contribution in [0.1, 0.15) is 45.2 Å². The van der Waals surface area contributed by atoms with Crippen molar-refractivity contribution in [2.45, 2.75) is 44.6 Å². The molecule has 6 heteroatoms. The lowest BCUT2D eigenvalue weighted by molar-refractivity contribution is -0.0668. The fraction of sp³-hybridized carbons (Fsp3) is 0.524. The van der Waals surface area contributed by atoms with Gasteiger partial charge in [-0.1, -0.05) is 30.3 Å². The Bertz CT molecular complexity index is 784. The summed E-state index contributed by atoms with van der Waals surface area (Å²) < 4.78 is 0. The highest BCUT2D eigenvalue weighted by Crippen LogP contribution is 2.35. The van der Waals surface area contributed by atoms with Crippen LogP contribution in [0.2, 0.25) is 0 Å². The fourth-order valence-corrected chi connectivity index (χ4v) is 5.41. The van der Waals surface area contributed by atoms with Crippen LogP contribution in [0.3, 0.4) is 0 Å². The van der Waals surface area contributed by atoms with Crippen LogP contribution >= 0.6 is 11.3 Å². The molecule has 0 radical (unpaired) electrons. The molecule has 5 nitrogen and oxygen atoms in total. The van der Waals surface area contributed by atoms with Gasteiger partial charge in [0.05, 0.1) is 18.4 Å². The number of benzene rings is 1. The number of nitrogens with zero attached hydrogens (tertiary/aromatic N) is 2. The third-order valence-electron chi connectivity index (χ3n) is 5.91. The van der Waals surface area contributed by atoms with E-state index in [9.17, 15) is 15.0 Å². The monoisotopic (exact) mass is 386 g/mol. The first-order valence-corrected chi connectivity index (χ1v) is 10.5. The summed E-state index contributed by atoms with van der Waals surface area (Å²) in [5.74, 6) is -0.0628. The van der Waals surface area contributed by atoms with Crippen LogP contribution in [-0.4, -0.2) is 51.8 Å². The van der Waals surface area contributed by atoms with Gasteiger partial charge in [0.15, 0.2) is 5.01 Å². The van der Waals surface area contributed by atoms with E-state index >= 15 is 0 Å². The molecule has 1 aromatic heterocycles. The summed E-state index contributed by atoms with van der Waals surface area (Å²) >= 11 is 1.52. The molecule has 1 amide bonds. The number of likely N-dealkylation sites (tertiary alicyclic amines) is 1. The van der Waals surface area contributed by atoms with Gasteiger partial charge in [-0.3, -0.25) is 4.79 Å². The lowest BCUT2D eigenvalue weighted by Crippen LogP contribution is -2.56. The minimum atomic E-state index is -0.730. The smallest absolute Gasteiger partial charge is 0.282 e. The van der Waals surface area contributed by atoms with Gasteiger partial charge in [0.25, 0.3) is 5.91 Å².